The first-order valence-electron chi connectivity index (χ1n) is 2.90. The second-order valence-electron chi connectivity index (χ2n) is 2.01. The van der Waals surface area contributed by atoms with Crippen LogP contribution in [0.15, 0.2) is 21.5 Å². The Kier molecular flexibility index (Phi) is 1.22. The van der Waals surface area contributed by atoms with Crippen molar-refractivity contribution in [1.29, 1.82) is 0 Å². The number of halogens is 1. The number of hydrogen-bond acceptors (Lipinski definition) is 3. The van der Waals surface area contributed by atoms with Gasteiger partial charge >= 0.3 is 5.76 Å². The molecule has 2 aromatic heterocycles. The van der Waals surface area contributed by atoms with E-state index < -0.39 is 5.76 Å². The molecule has 0 aliphatic heterocycles. The standard InChI is InChI=1S/C6H3ClN2O2/c7-3-1-4-5(8-2-3)9-6(10)11-4/h1-2H,(H,8,9,10). The average molecular weight is 171 g/mol. The fourth-order valence-corrected chi connectivity index (χ4v) is 0.962. The number of nitrogens with one attached hydrogen (secondary N) is 1. The monoisotopic (exact) mass is 170 g/mol. The number of hydrogen-bond donors (Lipinski definition) is 1. The number of H-pyrrole nitrogens is 1. The number of pyridine rings is 1. The lowest BCUT2D eigenvalue weighted by atomic mass is 10.5. The fraction of sp³-hybridized carbons (Fsp3) is 0. The summed E-state index contributed by atoms with van der Waals surface area (Å²) in [5, 5.41) is 0.445. The van der Waals surface area contributed by atoms with Crippen molar-refractivity contribution in [1.82, 2.24) is 9.97 Å². The normalized spacial score (nSPS) is 10.6. The predicted molar refractivity (Wildman–Crippen MR) is 39.6 cm³/mol. The zero-order valence-corrected chi connectivity index (χ0v) is 6.05. The van der Waals surface area contributed by atoms with Crippen LogP contribution >= 0.6 is 11.6 Å². The first kappa shape index (κ1) is 6.42. The quantitative estimate of drug-likeness (QED) is 0.646. The van der Waals surface area contributed by atoms with Gasteiger partial charge in [0.1, 0.15) is 0 Å². The molecule has 2 aromatic rings. The molecule has 0 saturated heterocycles. The maximum atomic E-state index is 10.6. The third-order valence-electron chi connectivity index (χ3n) is 1.24. The Balaban J connectivity index is 2.92. The van der Waals surface area contributed by atoms with Crippen molar-refractivity contribution in [2.75, 3.05) is 0 Å². The Bertz CT molecular complexity index is 445. The van der Waals surface area contributed by atoms with E-state index in [1.54, 1.807) is 0 Å². The van der Waals surface area contributed by atoms with Crippen molar-refractivity contribution in [3.05, 3.63) is 27.8 Å². The van der Waals surface area contributed by atoms with Crippen LogP contribution in [0.3, 0.4) is 0 Å². The number of oxazole rings is 1. The molecule has 0 atom stereocenters. The summed E-state index contributed by atoms with van der Waals surface area (Å²) in [5.41, 5.74) is 0.793. The van der Waals surface area contributed by atoms with E-state index in [0.717, 1.165) is 0 Å². The smallest absolute Gasteiger partial charge is 0.406 e. The molecule has 0 fully saturated rings. The highest BCUT2D eigenvalue weighted by atomic mass is 35.5. The van der Waals surface area contributed by atoms with Gasteiger partial charge in [0.15, 0.2) is 11.2 Å². The molecule has 0 aliphatic carbocycles. The molecule has 0 saturated carbocycles. The molecule has 0 aromatic carbocycles. The van der Waals surface area contributed by atoms with Crippen molar-refractivity contribution >= 4 is 22.8 Å². The van der Waals surface area contributed by atoms with E-state index in [1.807, 2.05) is 0 Å². The maximum Gasteiger partial charge on any atom is 0.418 e. The largest absolute Gasteiger partial charge is 0.418 e. The van der Waals surface area contributed by atoms with Crippen molar-refractivity contribution in [2.24, 2.45) is 0 Å². The molecule has 5 heteroatoms. The lowest BCUT2D eigenvalue weighted by Crippen LogP contribution is -1.93. The third kappa shape index (κ3) is 1.01. The van der Waals surface area contributed by atoms with Crippen LogP contribution < -0.4 is 5.76 Å². The number of nitrogens with zero attached hydrogens (tertiary/aromatic N) is 1. The number of aromatic amines is 1. The van der Waals surface area contributed by atoms with Crippen molar-refractivity contribution in [2.45, 2.75) is 0 Å². The van der Waals surface area contributed by atoms with Gasteiger partial charge < -0.3 is 4.42 Å². The third-order valence-corrected chi connectivity index (χ3v) is 1.45. The minimum atomic E-state index is -0.519. The molecule has 0 aliphatic rings. The van der Waals surface area contributed by atoms with Gasteiger partial charge in [0.2, 0.25) is 0 Å². The van der Waals surface area contributed by atoms with Crippen LogP contribution in [0.2, 0.25) is 5.02 Å². The zero-order valence-electron chi connectivity index (χ0n) is 5.30. The Morgan fingerprint density at radius 1 is 1.64 bits per heavy atom. The molecule has 56 valence electrons. The van der Waals surface area contributed by atoms with Gasteiger partial charge in [-0.05, 0) is 0 Å². The lowest BCUT2D eigenvalue weighted by molar-refractivity contribution is 0.555. The number of aromatic nitrogens is 2. The van der Waals surface area contributed by atoms with Crippen molar-refractivity contribution < 1.29 is 4.42 Å². The summed E-state index contributed by atoms with van der Waals surface area (Å²) in [6.07, 6.45) is 1.44. The van der Waals surface area contributed by atoms with Gasteiger partial charge in [0.25, 0.3) is 0 Å². The van der Waals surface area contributed by atoms with E-state index >= 15 is 0 Å². The Morgan fingerprint density at radius 2 is 2.45 bits per heavy atom. The summed E-state index contributed by atoms with van der Waals surface area (Å²) >= 11 is 5.59. The van der Waals surface area contributed by atoms with E-state index in [4.69, 9.17) is 16.0 Å². The van der Waals surface area contributed by atoms with E-state index in [9.17, 15) is 4.79 Å². The summed E-state index contributed by atoms with van der Waals surface area (Å²) < 4.78 is 4.69. The van der Waals surface area contributed by atoms with E-state index in [1.165, 1.54) is 12.3 Å². The van der Waals surface area contributed by atoms with Gasteiger partial charge in [-0.2, -0.15) is 0 Å². The molecular weight excluding hydrogens is 168 g/mol. The van der Waals surface area contributed by atoms with Crippen LogP contribution in [-0.2, 0) is 0 Å². The second-order valence-corrected chi connectivity index (χ2v) is 2.45. The molecule has 11 heavy (non-hydrogen) atoms. The lowest BCUT2D eigenvalue weighted by Gasteiger charge is -1.85. The van der Waals surface area contributed by atoms with Crippen LogP contribution in [0.5, 0.6) is 0 Å². The van der Waals surface area contributed by atoms with Gasteiger partial charge in [-0.25, -0.2) is 9.78 Å². The molecule has 2 rings (SSSR count). The van der Waals surface area contributed by atoms with Crippen molar-refractivity contribution in [3.63, 3.8) is 0 Å². The highest BCUT2D eigenvalue weighted by Gasteiger charge is 2.00. The molecule has 0 spiro atoms. The molecule has 0 amide bonds. The fourth-order valence-electron chi connectivity index (χ4n) is 0.814. The number of rotatable bonds is 0. The first-order chi connectivity index (χ1) is 5.25. The van der Waals surface area contributed by atoms with E-state index in [0.29, 0.717) is 16.3 Å². The van der Waals surface area contributed by atoms with Gasteiger partial charge in [0, 0.05) is 12.3 Å². The van der Waals surface area contributed by atoms with Crippen molar-refractivity contribution in [3.8, 4) is 0 Å². The second kappa shape index (κ2) is 2.10. The Labute approximate surface area is 65.8 Å². The van der Waals surface area contributed by atoms with E-state index in [2.05, 4.69) is 9.97 Å². The van der Waals surface area contributed by atoms with Gasteiger partial charge in [0.05, 0.1) is 5.02 Å². The van der Waals surface area contributed by atoms with Crippen LogP contribution in [-0.4, -0.2) is 9.97 Å². The topological polar surface area (TPSA) is 58.9 Å². The Hall–Kier alpha value is -1.29. The first-order valence-corrected chi connectivity index (χ1v) is 3.28. The van der Waals surface area contributed by atoms with Crippen LogP contribution in [0, 0.1) is 0 Å². The van der Waals surface area contributed by atoms with Gasteiger partial charge in [-0.1, -0.05) is 11.6 Å². The summed E-state index contributed by atoms with van der Waals surface area (Å²) in [6, 6.07) is 1.53. The van der Waals surface area contributed by atoms with E-state index in [-0.39, 0.29) is 0 Å². The SMILES string of the molecule is O=c1[nH]c2ncc(Cl)cc2o1. The predicted octanol–water partition coefficient (Wildman–Crippen LogP) is 1.17. The molecule has 0 unspecified atom stereocenters. The summed E-state index contributed by atoms with van der Waals surface area (Å²) in [5.74, 6) is -0.519. The van der Waals surface area contributed by atoms with Crippen LogP contribution in [0.25, 0.3) is 11.2 Å². The summed E-state index contributed by atoms with van der Waals surface area (Å²) in [6.45, 7) is 0. The summed E-state index contributed by atoms with van der Waals surface area (Å²) in [7, 11) is 0. The number of fused-ring (bicyclic) bond motifs is 1. The van der Waals surface area contributed by atoms with Gasteiger partial charge in [-0.3, -0.25) is 4.98 Å². The molecule has 0 bridgehead atoms. The molecule has 4 nitrogen and oxygen atoms in total. The van der Waals surface area contributed by atoms with Crippen LogP contribution in [0.4, 0.5) is 0 Å². The molecule has 0 radical (unpaired) electrons. The maximum absolute atomic E-state index is 10.6. The Morgan fingerprint density at radius 3 is 3.27 bits per heavy atom. The minimum absolute atomic E-state index is 0.377. The van der Waals surface area contributed by atoms with Gasteiger partial charge in [-0.15, -0.1) is 0 Å². The molecular formula is C6H3ClN2O2. The molecule has 2 heterocycles. The highest BCUT2D eigenvalue weighted by molar-refractivity contribution is 6.30. The minimum Gasteiger partial charge on any atom is -0.406 e. The van der Waals surface area contributed by atoms with Crippen LogP contribution in [0.1, 0.15) is 0 Å². The average Bonchev–Trinajstić information content (AvgIpc) is 2.27. The molecule has 1 N–H and O–H groups in total. The zero-order chi connectivity index (χ0) is 7.84. The highest BCUT2D eigenvalue weighted by Crippen LogP contribution is 2.12. The summed E-state index contributed by atoms with van der Waals surface area (Å²) in [4.78, 5) is 16.8.